The number of rotatable bonds is 5. The zero-order chi connectivity index (χ0) is 17.8. The molecule has 2 aliphatic heterocycles. The SMILES string of the molecule is C[NH+]1CCN(C(=O)CCCN2C(=O)C(=Cc3ccco3)SC2=S)CC1. The molecule has 3 rings (SSSR count). The van der Waals surface area contributed by atoms with E-state index in [2.05, 4.69) is 7.05 Å². The van der Waals surface area contributed by atoms with Crippen LogP contribution in [0.2, 0.25) is 0 Å². The van der Waals surface area contributed by atoms with Crippen LogP contribution >= 0.6 is 24.0 Å². The number of nitrogens with one attached hydrogen (secondary N) is 1. The van der Waals surface area contributed by atoms with E-state index in [4.69, 9.17) is 16.6 Å². The van der Waals surface area contributed by atoms with Crippen molar-refractivity contribution in [1.82, 2.24) is 9.80 Å². The number of hydrogen-bond donors (Lipinski definition) is 1. The molecule has 134 valence electrons. The Bertz CT molecular complexity index is 679. The fourth-order valence-corrected chi connectivity index (χ4v) is 4.17. The Hall–Kier alpha value is -1.64. The molecule has 1 N–H and O–H groups in total. The molecule has 2 fully saturated rings. The molecule has 3 heterocycles. The Morgan fingerprint density at radius 1 is 1.44 bits per heavy atom. The predicted octanol–water partition coefficient (Wildman–Crippen LogP) is 0.618. The first-order valence-corrected chi connectivity index (χ1v) is 9.65. The number of thioether (sulfide) groups is 1. The van der Waals surface area contributed by atoms with E-state index >= 15 is 0 Å². The smallest absolute Gasteiger partial charge is 0.266 e. The molecule has 0 atom stereocenters. The summed E-state index contributed by atoms with van der Waals surface area (Å²) in [5.74, 6) is 0.694. The maximum Gasteiger partial charge on any atom is 0.266 e. The molecule has 8 heteroatoms. The van der Waals surface area contributed by atoms with Gasteiger partial charge in [0.05, 0.1) is 44.4 Å². The van der Waals surface area contributed by atoms with E-state index in [-0.39, 0.29) is 11.8 Å². The molecule has 0 unspecified atom stereocenters. The number of carbonyl (C=O) groups is 2. The van der Waals surface area contributed by atoms with Gasteiger partial charge < -0.3 is 14.2 Å². The summed E-state index contributed by atoms with van der Waals surface area (Å²) in [4.78, 5) is 30.3. The van der Waals surface area contributed by atoms with Crippen molar-refractivity contribution in [2.45, 2.75) is 12.8 Å². The van der Waals surface area contributed by atoms with Gasteiger partial charge in [-0.1, -0.05) is 24.0 Å². The van der Waals surface area contributed by atoms with Crippen LogP contribution in [0.3, 0.4) is 0 Å². The minimum Gasteiger partial charge on any atom is -0.465 e. The van der Waals surface area contributed by atoms with Gasteiger partial charge >= 0.3 is 0 Å². The Labute approximate surface area is 156 Å². The van der Waals surface area contributed by atoms with Gasteiger partial charge in [-0.2, -0.15) is 0 Å². The van der Waals surface area contributed by atoms with Gasteiger partial charge in [-0.05, 0) is 18.6 Å². The summed E-state index contributed by atoms with van der Waals surface area (Å²) in [7, 11) is 2.15. The van der Waals surface area contributed by atoms with E-state index in [0.717, 1.165) is 26.2 Å². The van der Waals surface area contributed by atoms with Crippen LogP contribution in [-0.4, -0.2) is 65.7 Å². The Morgan fingerprint density at radius 2 is 2.20 bits per heavy atom. The highest BCUT2D eigenvalue weighted by molar-refractivity contribution is 8.26. The summed E-state index contributed by atoms with van der Waals surface area (Å²) in [6.07, 6.45) is 4.35. The lowest BCUT2D eigenvalue weighted by Gasteiger charge is -2.30. The average Bonchev–Trinajstić information content (AvgIpc) is 3.19. The van der Waals surface area contributed by atoms with Gasteiger partial charge in [-0.15, -0.1) is 0 Å². The first-order chi connectivity index (χ1) is 12.0. The normalized spacial score (nSPS) is 20.8. The standard InChI is InChI=1S/C17H21N3O3S2/c1-18-7-9-19(10-8-18)15(21)5-2-6-20-16(22)14(25-17(20)24)12-13-4-3-11-23-13/h3-4,11-12H,2,5-10H2,1H3/p+1. The highest BCUT2D eigenvalue weighted by atomic mass is 32.2. The maximum absolute atomic E-state index is 12.5. The van der Waals surface area contributed by atoms with Crippen LogP contribution < -0.4 is 4.90 Å². The second-order valence-corrected chi connectivity index (χ2v) is 7.97. The molecule has 1 aromatic rings. The molecule has 2 aliphatic rings. The zero-order valence-electron chi connectivity index (χ0n) is 14.2. The van der Waals surface area contributed by atoms with Gasteiger partial charge in [0.2, 0.25) is 5.91 Å². The van der Waals surface area contributed by atoms with E-state index in [1.807, 2.05) is 4.90 Å². The van der Waals surface area contributed by atoms with E-state index in [1.165, 1.54) is 16.7 Å². The molecule has 2 amide bonds. The molecule has 1 aromatic heterocycles. The lowest BCUT2D eigenvalue weighted by molar-refractivity contribution is -0.883. The summed E-state index contributed by atoms with van der Waals surface area (Å²) in [6, 6.07) is 3.57. The lowest BCUT2D eigenvalue weighted by Crippen LogP contribution is -3.12. The Morgan fingerprint density at radius 3 is 2.88 bits per heavy atom. The summed E-state index contributed by atoms with van der Waals surface area (Å²) in [5.41, 5.74) is 0. The fourth-order valence-electron chi connectivity index (χ4n) is 2.88. The number of nitrogens with zero attached hydrogens (tertiary/aromatic N) is 2. The number of likely N-dealkylation sites (N-methyl/N-ethyl adjacent to an activating group) is 1. The molecule has 0 spiro atoms. The van der Waals surface area contributed by atoms with Gasteiger partial charge in [0.25, 0.3) is 5.91 Å². The van der Waals surface area contributed by atoms with Crippen LogP contribution in [0.1, 0.15) is 18.6 Å². The van der Waals surface area contributed by atoms with Crippen molar-refractivity contribution in [1.29, 1.82) is 0 Å². The Balaban J connectivity index is 1.49. The highest BCUT2D eigenvalue weighted by Gasteiger charge is 2.32. The minimum absolute atomic E-state index is 0.109. The van der Waals surface area contributed by atoms with Gasteiger partial charge in [0, 0.05) is 19.0 Å². The molecular weight excluding hydrogens is 358 g/mol. The number of quaternary nitrogens is 1. The van der Waals surface area contributed by atoms with E-state index < -0.39 is 0 Å². The highest BCUT2D eigenvalue weighted by Crippen LogP contribution is 2.32. The third-order valence-electron chi connectivity index (χ3n) is 4.43. The van der Waals surface area contributed by atoms with Crippen LogP contribution in [-0.2, 0) is 9.59 Å². The number of piperazine rings is 1. The minimum atomic E-state index is -0.109. The average molecular weight is 381 g/mol. The topological polar surface area (TPSA) is 58.2 Å². The number of furan rings is 1. The van der Waals surface area contributed by atoms with Gasteiger partial charge in [-0.25, -0.2) is 0 Å². The second-order valence-electron chi connectivity index (χ2n) is 6.29. The van der Waals surface area contributed by atoms with E-state index in [9.17, 15) is 9.59 Å². The van der Waals surface area contributed by atoms with Crippen molar-refractivity contribution < 1.29 is 18.9 Å². The van der Waals surface area contributed by atoms with Crippen molar-refractivity contribution in [3.8, 4) is 0 Å². The number of amides is 2. The van der Waals surface area contributed by atoms with Crippen molar-refractivity contribution in [3.05, 3.63) is 29.1 Å². The summed E-state index contributed by atoms with van der Waals surface area (Å²) in [5, 5.41) is 0. The summed E-state index contributed by atoms with van der Waals surface area (Å²) in [6.45, 7) is 4.11. The quantitative estimate of drug-likeness (QED) is 0.599. The third-order valence-corrected chi connectivity index (χ3v) is 5.81. The molecule has 0 aliphatic carbocycles. The molecule has 0 radical (unpaired) electrons. The van der Waals surface area contributed by atoms with Gasteiger partial charge in [0.1, 0.15) is 10.1 Å². The van der Waals surface area contributed by atoms with E-state index in [1.54, 1.807) is 29.4 Å². The molecular formula is C17H22N3O3S2+. The second kappa shape index (κ2) is 8.16. The van der Waals surface area contributed by atoms with Gasteiger partial charge in [0.15, 0.2) is 0 Å². The molecule has 0 saturated carbocycles. The summed E-state index contributed by atoms with van der Waals surface area (Å²) >= 11 is 6.58. The van der Waals surface area contributed by atoms with Crippen molar-refractivity contribution in [2.75, 3.05) is 39.8 Å². The zero-order valence-corrected chi connectivity index (χ0v) is 15.8. The van der Waals surface area contributed by atoms with Crippen LogP contribution in [0.15, 0.2) is 27.7 Å². The van der Waals surface area contributed by atoms with Crippen LogP contribution in [0.25, 0.3) is 6.08 Å². The molecule has 2 saturated heterocycles. The molecule has 0 aromatic carbocycles. The number of hydrogen-bond acceptors (Lipinski definition) is 5. The largest absolute Gasteiger partial charge is 0.465 e. The van der Waals surface area contributed by atoms with Crippen molar-refractivity contribution in [3.63, 3.8) is 0 Å². The number of carbonyl (C=O) groups excluding carboxylic acids is 2. The Kier molecular flexibility index (Phi) is 5.93. The molecule has 6 nitrogen and oxygen atoms in total. The van der Waals surface area contributed by atoms with Crippen LogP contribution in [0.4, 0.5) is 0 Å². The van der Waals surface area contributed by atoms with E-state index in [0.29, 0.717) is 34.4 Å². The number of thiocarbonyl (C=S) groups is 1. The lowest BCUT2D eigenvalue weighted by atomic mass is 10.2. The summed E-state index contributed by atoms with van der Waals surface area (Å²) < 4.78 is 5.79. The maximum atomic E-state index is 12.5. The van der Waals surface area contributed by atoms with Crippen molar-refractivity contribution >= 4 is 46.2 Å². The monoisotopic (exact) mass is 380 g/mol. The molecule has 25 heavy (non-hydrogen) atoms. The first kappa shape index (κ1) is 18.2. The third kappa shape index (κ3) is 4.50. The van der Waals surface area contributed by atoms with Crippen LogP contribution in [0.5, 0.6) is 0 Å². The van der Waals surface area contributed by atoms with Crippen LogP contribution in [0, 0.1) is 0 Å². The van der Waals surface area contributed by atoms with Gasteiger partial charge in [-0.3, -0.25) is 14.5 Å². The first-order valence-electron chi connectivity index (χ1n) is 8.42. The predicted molar refractivity (Wildman–Crippen MR) is 101 cm³/mol. The molecule has 0 bridgehead atoms. The van der Waals surface area contributed by atoms with Crippen molar-refractivity contribution in [2.24, 2.45) is 0 Å². The fraction of sp³-hybridized carbons (Fsp3) is 0.471.